The molecule has 6 aliphatic rings. The minimum absolute atomic E-state index is 0.166. The van der Waals surface area contributed by atoms with E-state index in [4.69, 9.17) is 42.1 Å². The van der Waals surface area contributed by atoms with Gasteiger partial charge in [-0.15, -0.1) is 0 Å². The molecule has 0 radical (unpaired) electrons. The zero-order valence-corrected chi connectivity index (χ0v) is 39.0. The molecule has 6 aromatic rings. The lowest BCUT2D eigenvalue weighted by Crippen LogP contribution is -2.49. The molecule has 19 nitrogen and oxygen atoms in total. The number of imide groups is 2. The number of anilines is 2. The highest BCUT2D eigenvalue weighted by Crippen LogP contribution is 2.64. The Balaban J connectivity index is 0.000000149. The largest absolute Gasteiger partial charge is 0.478 e. The molecule has 0 saturated carbocycles. The average molecular weight is 999 g/mol. The van der Waals surface area contributed by atoms with Crippen molar-refractivity contribution in [3.05, 3.63) is 82.6 Å². The lowest BCUT2D eigenvalue weighted by Gasteiger charge is -2.33. The maximum Gasteiger partial charge on any atom is 0.240 e. The average Bonchev–Trinajstić information content (AvgIpc) is 4.20. The van der Waals surface area contributed by atoms with E-state index in [1.165, 1.54) is 23.4 Å². The minimum Gasteiger partial charge on any atom is -0.478 e. The highest BCUT2D eigenvalue weighted by atomic mass is 35.5. The number of pyridine rings is 2. The second-order valence-electron chi connectivity index (χ2n) is 18.0. The summed E-state index contributed by atoms with van der Waals surface area (Å²) >= 11 is 13.7. The Morgan fingerprint density at radius 2 is 1.16 bits per heavy atom. The standard InChI is InChI=1S/C23H18ClN5O5S.C22H19ClN4O5S/c1-22-14(30)8-23(34-22,6-7-33-15-5-3-12(24)10-26-15)17-16(22)20(31)29(21(17)32)13-4-2-11(9-25)18-19(13)28-35-27-18;1-21-14(28)9-22(32-21,7-8-31-15-6-5-11(23)10-24-15)17-16(21)19(29)27(20(17)30)13-4-2-3-12-18(13)26-33-25-12/h2-5,10,14,16-17,30H,6-8H2,1H3;2-6,10,14,16-17,28H,7-9H2,1H3/t14-,16-,17+,22?,23?;14-,16-,17+,21?,22?/m01/s1. The van der Waals surface area contributed by atoms with Crippen LogP contribution in [0.5, 0.6) is 11.8 Å². The van der Waals surface area contributed by atoms with E-state index >= 15 is 0 Å². The summed E-state index contributed by atoms with van der Waals surface area (Å²) in [4.78, 5) is 65.3. The van der Waals surface area contributed by atoms with E-state index in [9.17, 15) is 34.7 Å². The van der Waals surface area contributed by atoms with Crippen LogP contribution in [-0.4, -0.2) is 109 Å². The van der Waals surface area contributed by atoms with Crippen LogP contribution in [0.4, 0.5) is 11.4 Å². The number of nitrogens with zero attached hydrogens (tertiary/aromatic N) is 9. The summed E-state index contributed by atoms with van der Waals surface area (Å²) in [5.74, 6) is -3.99. The molecule has 2 N–H and O–H groups in total. The minimum atomic E-state index is -1.21. The van der Waals surface area contributed by atoms with Crippen LogP contribution < -0.4 is 19.3 Å². The Bertz CT molecular complexity index is 3120. The van der Waals surface area contributed by atoms with Crippen molar-refractivity contribution in [3.63, 3.8) is 0 Å². The van der Waals surface area contributed by atoms with Crippen molar-refractivity contribution in [2.24, 2.45) is 23.7 Å². The van der Waals surface area contributed by atoms with Gasteiger partial charge in [0.2, 0.25) is 35.4 Å². The number of benzene rings is 2. The van der Waals surface area contributed by atoms with E-state index in [2.05, 4.69) is 33.5 Å². The molecule has 68 heavy (non-hydrogen) atoms. The molecule has 2 aromatic carbocycles. The molecular formula is C45H37Cl2N9O10S2. The monoisotopic (exact) mass is 997 g/mol. The fourth-order valence-corrected chi connectivity index (χ4v) is 12.7. The molecular weight excluding hydrogens is 962 g/mol. The van der Waals surface area contributed by atoms with E-state index in [-0.39, 0.29) is 50.0 Å². The maximum atomic E-state index is 13.8. The number of rotatable bonds is 10. The summed E-state index contributed by atoms with van der Waals surface area (Å²) in [6.07, 6.45) is 2.21. The van der Waals surface area contributed by atoms with Crippen molar-refractivity contribution in [1.29, 1.82) is 5.26 Å². The molecule has 6 aliphatic heterocycles. The fourth-order valence-electron chi connectivity index (χ4n) is 11.4. The van der Waals surface area contributed by atoms with Gasteiger partial charge in [0.15, 0.2) is 0 Å². The number of hydrogen-bond acceptors (Lipinski definition) is 19. The summed E-state index contributed by atoms with van der Waals surface area (Å²) in [5.41, 5.74) is -1.64. The van der Waals surface area contributed by atoms with Crippen LogP contribution in [0.1, 0.15) is 45.1 Å². The molecule has 0 spiro atoms. The van der Waals surface area contributed by atoms with Gasteiger partial charge in [-0.3, -0.25) is 19.2 Å². The molecule has 23 heteroatoms. The van der Waals surface area contributed by atoms with E-state index in [0.717, 1.165) is 28.4 Å². The summed E-state index contributed by atoms with van der Waals surface area (Å²) in [7, 11) is 0. The quantitative estimate of drug-likeness (QED) is 0.170. The normalized spacial score (nSPS) is 32.0. The predicted molar refractivity (Wildman–Crippen MR) is 243 cm³/mol. The molecule has 348 valence electrons. The topological polar surface area (TPSA) is 253 Å². The Morgan fingerprint density at radius 1 is 0.676 bits per heavy atom. The van der Waals surface area contributed by atoms with Crippen molar-refractivity contribution in [2.75, 3.05) is 23.0 Å². The summed E-state index contributed by atoms with van der Waals surface area (Å²) < 4.78 is 41.0. The number of fused-ring (bicyclic) bond motifs is 12. The maximum absolute atomic E-state index is 13.8. The molecule has 10 atom stereocenters. The Morgan fingerprint density at radius 3 is 1.68 bits per heavy atom. The number of hydrogen-bond donors (Lipinski definition) is 2. The molecule has 12 rings (SSSR count). The first-order valence-corrected chi connectivity index (χ1v) is 23.7. The van der Waals surface area contributed by atoms with E-state index in [0.29, 0.717) is 61.5 Å². The third-order valence-electron chi connectivity index (χ3n) is 14.4. The lowest BCUT2D eigenvalue weighted by atomic mass is 9.66. The van der Waals surface area contributed by atoms with Gasteiger partial charge in [-0.25, -0.2) is 19.8 Å². The fraction of sp³-hybridized carbons (Fsp3) is 0.400. The molecule has 4 bridgehead atoms. The number of aliphatic hydroxyl groups is 2. The van der Waals surface area contributed by atoms with Gasteiger partial charge in [-0.1, -0.05) is 29.3 Å². The Kier molecular flexibility index (Phi) is 10.6. The number of aliphatic hydroxyl groups excluding tert-OH is 2. The van der Waals surface area contributed by atoms with Crippen molar-refractivity contribution in [3.8, 4) is 17.8 Å². The van der Waals surface area contributed by atoms with Gasteiger partial charge in [0.05, 0.1) is 111 Å². The molecule has 0 aliphatic carbocycles. The second-order valence-corrected chi connectivity index (χ2v) is 19.9. The number of ether oxygens (including phenoxy) is 4. The van der Waals surface area contributed by atoms with Crippen LogP contribution >= 0.6 is 46.7 Å². The zero-order valence-electron chi connectivity index (χ0n) is 35.8. The van der Waals surface area contributed by atoms with Crippen LogP contribution in [0.3, 0.4) is 0 Å². The highest BCUT2D eigenvalue weighted by molar-refractivity contribution is 7.00. The molecule has 6 saturated heterocycles. The van der Waals surface area contributed by atoms with Crippen LogP contribution in [0, 0.1) is 35.0 Å². The first-order chi connectivity index (χ1) is 32.6. The van der Waals surface area contributed by atoms with Crippen LogP contribution in [-0.2, 0) is 28.7 Å². The Hall–Kier alpha value is -5.83. The van der Waals surface area contributed by atoms with Gasteiger partial charge in [0.25, 0.3) is 0 Å². The summed E-state index contributed by atoms with van der Waals surface area (Å²) in [6, 6.07) is 17.0. The number of aromatic nitrogens is 6. The molecule has 4 aromatic heterocycles. The third-order valence-corrected chi connectivity index (χ3v) is 16.0. The highest BCUT2D eigenvalue weighted by Gasteiger charge is 2.78. The number of nitriles is 1. The lowest BCUT2D eigenvalue weighted by molar-refractivity contribution is -0.135. The second kappa shape index (κ2) is 16.1. The SMILES string of the molecule is CC12OC(CCOc3ccc(Cl)cn3)(C[C@@H]1O)[C@H]1C(=O)N(c3ccc(C#N)c4nsnc34)C(=O)[C@H]12.CC12OC(CCOc3ccc(Cl)cn3)(C[C@H]1O)[C@@H]1C(=O)N(c3cccc4nsnc34)C(=O)[C@@H]12. The number of carbonyl (C=O) groups excluding carboxylic acids is 4. The van der Waals surface area contributed by atoms with Crippen molar-refractivity contribution in [1.82, 2.24) is 27.5 Å². The van der Waals surface area contributed by atoms with Gasteiger partial charge in [-0.2, -0.15) is 22.8 Å². The van der Waals surface area contributed by atoms with Crippen LogP contribution in [0.15, 0.2) is 67.0 Å². The van der Waals surface area contributed by atoms with Gasteiger partial charge < -0.3 is 29.2 Å². The zero-order chi connectivity index (χ0) is 47.5. The van der Waals surface area contributed by atoms with Gasteiger partial charge >= 0.3 is 0 Å². The predicted octanol–water partition coefficient (Wildman–Crippen LogP) is 5.09. The van der Waals surface area contributed by atoms with Crippen LogP contribution in [0.2, 0.25) is 10.0 Å². The van der Waals surface area contributed by atoms with E-state index in [1.807, 2.05) is 0 Å². The number of halogens is 2. The van der Waals surface area contributed by atoms with Gasteiger partial charge in [-0.05, 0) is 50.2 Å². The van der Waals surface area contributed by atoms with Gasteiger partial charge in [0.1, 0.15) is 39.3 Å². The van der Waals surface area contributed by atoms with Crippen LogP contribution in [0.25, 0.3) is 22.1 Å². The molecule has 4 unspecified atom stereocenters. The summed E-state index contributed by atoms with van der Waals surface area (Å²) in [6.45, 7) is 3.76. The molecule has 10 heterocycles. The number of carbonyl (C=O) groups is 4. The van der Waals surface area contributed by atoms with E-state index < -0.39 is 70.1 Å². The number of amides is 4. The van der Waals surface area contributed by atoms with Crippen molar-refractivity contribution >= 4 is 104 Å². The van der Waals surface area contributed by atoms with Crippen molar-refractivity contribution < 1.29 is 48.3 Å². The van der Waals surface area contributed by atoms with Gasteiger partial charge in [0, 0.05) is 50.2 Å². The Labute approximate surface area is 404 Å². The summed E-state index contributed by atoms with van der Waals surface area (Å²) in [5, 5.41) is 32.1. The molecule has 4 amide bonds. The van der Waals surface area contributed by atoms with Crippen molar-refractivity contribution in [2.45, 2.75) is 74.1 Å². The third kappa shape index (κ3) is 6.56. The first-order valence-electron chi connectivity index (χ1n) is 21.5. The molecule has 6 fully saturated rings. The van der Waals surface area contributed by atoms with E-state index in [1.54, 1.807) is 62.4 Å². The first kappa shape index (κ1) is 44.7. The smallest absolute Gasteiger partial charge is 0.240 e.